The first kappa shape index (κ1) is 23.6. The number of hydrogen-bond donors (Lipinski definition) is 0. The van der Waals surface area contributed by atoms with Crippen LogP contribution in [0.15, 0.2) is 83.5 Å². The normalized spacial score (nSPS) is 29.5. The number of aromatic nitrogens is 2. The van der Waals surface area contributed by atoms with Crippen molar-refractivity contribution in [3.05, 3.63) is 84.0 Å². The summed E-state index contributed by atoms with van der Waals surface area (Å²) in [5, 5.41) is 6.29. The maximum Gasteiger partial charge on any atom is 0.0956 e. The van der Waals surface area contributed by atoms with E-state index in [1.165, 1.54) is 17.7 Å². The highest BCUT2D eigenvalue weighted by molar-refractivity contribution is 5.82. The molecule has 5 nitrogen and oxygen atoms in total. The van der Waals surface area contributed by atoms with Crippen LogP contribution in [0.1, 0.15) is 57.2 Å². The number of hydrazone groups is 1. The molecule has 1 aromatic heterocycles. The molecule has 4 heterocycles. The zero-order chi connectivity index (χ0) is 24.2. The molecule has 0 radical (unpaired) electrons. The largest absolute Gasteiger partial charge is 0.375 e. The molecule has 0 aromatic carbocycles. The van der Waals surface area contributed by atoms with Crippen LogP contribution in [0.5, 0.6) is 0 Å². The second-order valence-corrected chi connectivity index (χ2v) is 9.94. The Labute approximate surface area is 208 Å². The molecule has 5 rings (SSSR count). The molecule has 3 atom stereocenters. The zero-order valence-corrected chi connectivity index (χ0v) is 20.9. The summed E-state index contributed by atoms with van der Waals surface area (Å²) in [6.07, 6.45) is 28.2. The maximum atomic E-state index is 14.2. The fourth-order valence-electron chi connectivity index (χ4n) is 5.98. The highest BCUT2D eigenvalue weighted by Crippen LogP contribution is 2.47. The summed E-state index contributed by atoms with van der Waals surface area (Å²) in [6, 6.07) is 0.0269. The summed E-state index contributed by atoms with van der Waals surface area (Å²) in [4.78, 5) is 6.97. The van der Waals surface area contributed by atoms with E-state index in [0.29, 0.717) is 11.8 Å². The van der Waals surface area contributed by atoms with Gasteiger partial charge in [-0.15, -0.1) is 0 Å². The summed E-state index contributed by atoms with van der Waals surface area (Å²) >= 11 is 0. The average Bonchev–Trinajstić information content (AvgIpc) is 3.23. The predicted molar refractivity (Wildman–Crippen MR) is 141 cm³/mol. The third-order valence-corrected chi connectivity index (χ3v) is 7.80. The molecule has 35 heavy (non-hydrogen) atoms. The van der Waals surface area contributed by atoms with Crippen LogP contribution in [0.25, 0.3) is 5.57 Å². The van der Waals surface area contributed by atoms with E-state index in [2.05, 4.69) is 37.8 Å². The molecule has 0 N–H and O–H groups in total. The van der Waals surface area contributed by atoms with E-state index >= 15 is 0 Å². The molecule has 3 unspecified atom stereocenters. The van der Waals surface area contributed by atoms with Crippen LogP contribution in [0, 0.1) is 11.8 Å². The fraction of sp³-hybridized carbons (Fsp3) is 0.448. The van der Waals surface area contributed by atoms with Gasteiger partial charge < -0.3 is 9.47 Å². The van der Waals surface area contributed by atoms with Crippen LogP contribution in [-0.2, 0) is 0 Å². The van der Waals surface area contributed by atoms with Gasteiger partial charge in [0.25, 0.3) is 0 Å². The molecule has 0 amide bonds. The monoisotopic (exact) mass is 473 g/mol. The third kappa shape index (κ3) is 4.84. The molecular weight excluding hydrogens is 437 g/mol. The lowest BCUT2D eigenvalue weighted by atomic mass is 9.86. The quantitative estimate of drug-likeness (QED) is 0.507. The number of nitrogens with zero attached hydrogens (tertiary/aromatic N) is 5. The van der Waals surface area contributed by atoms with Gasteiger partial charge in [-0.1, -0.05) is 36.0 Å². The van der Waals surface area contributed by atoms with Gasteiger partial charge >= 0.3 is 0 Å². The molecule has 184 valence electrons. The Hall–Kier alpha value is -3.15. The Morgan fingerprint density at radius 3 is 2.83 bits per heavy atom. The molecule has 3 aliphatic heterocycles. The van der Waals surface area contributed by atoms with Crippen LogP contribution < -0.4 is 0 Å². The van der Waals surface area contributed by atoms with Gasteiger partial charge in [0.05, 0.1) is 30.6 Å². The van der Waals surface area contributed by atoms with E-state index in [0.717, 1.165) is 68.4 Å². The number of imidazole rings is 1. The van der Waals surface area contributed by atoms with Crippen LogP contribution in [0.4, 0.5) is 4.39 Å². The fourth-order valence-corrected chi connectivity index (χ4v) is 5.98. The van der Waals surface area contributed by atoms with Gasteiger partial charge in [0.2, 0.25) is 0 Å². The lowest BCUT2D eigenvalue weighted by Crippen LogP contribution is -2.25. The number of allylic oxidation sites excluding steroid dienone is 10. The average molecular weight is 474 g/mol. The van der Waals surface area contributed by atoms with E-state index in [1.54, 1.807) is 0 Å². The van der Waals surface area contributed by atoms with Gasteiger partial charge in [0, 0.05) is 55.3 Å². The lowest BCUT2D eigenvalue weighted by Gasteiger charge is -2.27. The second-order valence-electron chi connectivity index (χ2n) is 9.94. The summed E-state index contributed by atoms with van der Waals surface area (Å²) in [6.45, 7) is 4.07. The zero-order valence-electron chi connectivity index (χ0n) is 20.9. The molecule has 1 fully saturated rings. The number of hydrogen-bond acceptors (Lipinski definition) is 4. The first-order valence-corrected chi connectivity index (χ1v) is 12.9. The minimum atomic E-state index is 0.0269. The first-order valence-electron chi connectivity index (χ1n) is 12.9. The number of fused-ring (bicyclic) bond motifs is 1. The van der Waals surface area contributed by atoms with Gasteiger partial charge in [-0.3, -0.25) is 5.01 Å². The topological polar surface area (TPSA) is 36.7 Å². The van der Waals surface area contributed by atoms with Crippen molar-refractivity contribution in [3.63, 3.8) is 0 Å². The SMILES string of the molecule is C\C=C/C=C1/C(=C/F)C(C2CCCN(C3=CC=C(C4C=CN(C)N=C4)CCC3)CC2)n2cncc21. The predicted octanol–water partition coefficient (Wildman–Crippen LogP) is 6.41. The van der Waals surface area contributed by atoms with Gasteiger partial charge in [0.1, 0.15) is 0 Å². The molecule has 0 saturated carbocycles. The summed E-state index contributed by atoms with van der Waals surface area (Å²) in [5.74, 6) is 0.697. The van der Waals surface area contributed by atoms with E-state index in [1.807, 2.05) is 62.1 Å². The Kier molecular flexibility index (Phi) is 7.16. The number of rotatable bonds is 4. The second kappa shape index (κ2) is 10.6. The number of halogens is 1. The summed E-state index contributed by atoms with van der Waals surface area (Å²) in [5.41, 5.74) is 5.67. The van der Waals surface area contributed by atoms with Crippen LogP contribution >= 0.6 is 0 Å². The minimum absolute atomic E-state index is 0.0269. The lowest BCUT2D eigenvalue weighted by molar-refractivity contribution is 0.316. The van der Waals surface area contributed by atoms with Crippen molar-refractivity contribution in [1.29, 1.82) is 0 Å². The van der Waals surface area contributed by atoms with E-state index in [9.17, 15) is 4.39 Å². The number of likely N-dealkylation sites (tertiary alicyclic amines) is 1. The van der Waals surface area contributed by atoms with Crippen molar-refractivity contribution >= 4 is 11.8 Å². The van der Waals surface area contributed by atoms with E-state index < -0.39 is 0 Å². The molecule has 1 aromatic rings. The van der Waals surface area contributed by atoms with Gasteiger partial charge in [-0.25, -0.2) is 9.37 Å². The molecule has 1 saturated heterocycles. The van der Waals surface area contributed by atoms with E-state index in [-0.39, 0.29) is 6.04 Å². The van der Waals surface area contributed by atoms with Crippen molar-refractivity contribution in [3.8, 4) is 0 Å². The third-order valence-electron chi connectivity index (χ3n) is 7.80. The molecule has 6 heteroatoms. The highest BCUT2D eigenvalue weighted by Gasteiger charge is 2.37. The molecule has 4 aliphatic rings. The van der Waals surface area contributed by atoms with Crippen molar-refractivity contribution in [1.82, 2.24) is 19.5 Å². The maximum absolute atomic E-state index is 14.2. The Morgan fingerprint density at radius 1 is 1.11 bits per heavy atom. The Morgan fingerprint density at radius 2 is 2.03 bits per heavy atom. The van der Waals surface area contributed by atoms with Crippen LogP contribution in [-0.4, -0.2) is 45.8 Å². The molecule has 0 bridgehead atoms. The smallest absolute Gasteiger partial charge is 0.0956 e. The van der Waals surface area contributed by atoms with Crippen molar-refractivity contribution < 1.29 is 4.39 Å². The molecule has 1 aliphatic carbocycles. The van der Waals surface area contributed by atoms with Gasteiger partial charge in [-0.2, -0.15) is 5.10 Å². The van der Waals surface area contributed by atoms with Crippen molar-refractivity contribution in [2.75, 3.05) is 20.1 Å². The van der Waals surface area contributed by atoms with Gasteiger partial charge in [-0.05, 0) is 57.4 Å². The van der Waals surface area contributed by atoms with Crippen molar-refractivity contribution in [2.45, 2.75) is 51.5 Å². The van der Waals surface area contributed by atoms with E-state index in [4.69, 9.17) is 0 Å². The Bertz CT molecular complexity index is 1120. The van der Waals surface area contributed by atoms with Crippen LogP contribution in [0.3, 0.4) is 0 Å². The molecular formula is C29H36FN5. The van der Waals surface area contributed by atoms with Crippen LogP contribution in [0.2, 0.25) is 0 Å². The summed E-state index contributed by atoms with van der Waals surface area (Å²) in [7, 11) is 1.96. The standard InChI is InChI=1S/C29H36FN5/c1-3-4-10-26-27(18-30)29(35-21-31-20-28(26)35)23-8-6-15-34(17-14-23)25-9-5-7-22(11-12-25)24-13-16-33(2)32-19-24/h3-4,10-13,16,18-21,23-24,29H,5-9,14-15,17H2,1-2H3/b4-3-,26-10-,27-18-. The highest BCUT2D eigenvalue weighted by atomic mass is 19.1. The van der Waals surface area contributed by atoms with Crippen molar-refractivity contribution in [2.24, 2.45) is 16.9 Å². The minimum Gasteiger partial charge on any atom is -0.375 e. The van der Waals surface area contributed by atoms with Gasteiger partial charge in [0.15, 0.2) is 0 Å². The summed E-state index contributed by atoms with van der Waals surface area (Å²) < 4.78 is 16.4. The first-order chi connectivity index (χ1) is 17.2. The molecule has 0 spiro atoms. The Balaban J connectivity index is 1.31.